The lowest BCUT2D eigenvalue weighted by atomic mass is 10.2. The number of ether oxygens (including phenoxy) is 1. The average molecular weight is 390 g/mol. The van der Waals surface area contributed by atoms with Crippen LogP contribution in [-0.4, -0.2) is 33.3 Å². The van der Waals surface area contributed by atoms with Crippen molar-refractivity contribution >= 4 is 27.5 Å². The fourth-order valence-corrected chi connectivity index (χ4v) is 4.00. The summed E-state index contributed by atoms with van der Waals surface area (Å²) in [7, 11) is -2.23. The van der Waals surface area contributed by atoms with Crippen molar-refractivity contribution in [2.45, 2.75) is 24.8 Å². The number of anilines is 1. The van der Waals surface area contributed by atoms with Crippen LogP contribution in [0.15, 0.2) is 53.4 Å². The second-order valence-electron chi connectivity index (χ2n) is 5.81. The standard InChI is InChI=1S/C19H22N2O5S/c1-3-12-27(24,25)17-7-5-4-6-16(17)18(22)20-13-14-8-10-15(11-9-14)21-19(23)26-2/h4-11H,3,12-13H2,1-2H3,(H,20,22)(H,21,23). The van der Waals surface area contributed by atoms with Crippen molar-refractivity contribution in [3.8, 4) is 0 Å². The molecule has 0 unspecified atom stereocenters. The molecular formula is C19H22N2O5S. The fourth-order valence-electron chi connectivity index (χ4n) is 2.46. The van der Waals surface area contributed by atoms with Gasteiger partial charge in [0.05, 0.1) is 23.3 Å². The van der Waals surface area contributed by atoms with Crippen molar-refractivity contribution < 1.29 is 22.7 Å². The first kappa shape index (κ1) is 20.4. The minimum atomic E-state index is -3.50. The summed E-state index contributed by atoms with van der Waals surface area (Å²) in [5, 5.41) is 5.26. The van der Waals surface area contributed by atoms with E-state index in [0.29, 0.717) is 12.1 Å². The van der Waals surface area contributed by atoms with Gasteiger partial charge in [0.25, 0.3) is 5.91 Å². The summed E-state index contributed by atoms with van der Waals surface area (Å²) in [5.41, 5.74) is 1.50. The van der Waals surface area contributed by atoms with Gasteiger partial charge in [0.2, 0.25) is 0 Å². The van der Waals surface area contributed by atoms with E-state index in [1.54, 1.807) is 43.3 Å². The van der Waals surface area contributed by atoms with Gasteiger partial charge in [-0.15, -0.1) is 0 Å². The molecule has 0 aliphatic rings. The van der Waals surface area contributed by atoms with Crippen LogP contribution in [0.2, 0.25) is 0 Å². The summed E-state index contributed by atoms with van der Waals surface area (Å²) in [6, 6.07) is 13.0. The van der Waals surface area contributed by atoms with Crippen LogP contribution < -0.4 is 10.6 Å². The van der Waals surface area contributed by atoms with E-state index in [4.69, 9.17) is 0 Å². The fraction of sp³-hybridized carbons (Fsp3) is 0.263. The second kappa shape index (κ2) is 9.18. The van der Waals surface area contributed by atoms with Gasteiger partial charge < -0.3 is 10.1 Å². The zero-order chi connectivity index (χ0) is 19.9. The second-order valence-corrected chi connectivity index (χ2v) is 7.89. The van der Waals surface area contributed by atoms with Gasteiger partial charge in [0.15, 0.2) is 9.84 Å². The Hall–Kier alpha value is -2.87. The monoisotopic (exact) mass is 390 g/mol. The first-order valence-corrected chi connectivity index (χ1v) is 10.1. The van der Waals surface area contributed by atoms with Crippen molar-refractivity contribution in [3.63, 3.8) is 0 Å². The molecule has 0 spiro atoms. The van der Waals surface area contributed by atoms with Crippen LogP contribution in [0, 0.1) is 0 Å². The van der Waals surface area contributed by atoms with Crippen molar-refractivity contribution in [2.75, 3.05) is 18.2 Å². The van der Waals surface area contributed by atoms with Crippen LogP contribution in [0.4, 0.5) is 10.5 Å². The lowest BCUT2D eigenvalue weighted by Gasteiger charge is -2.11. The van der Waals surface area contributed by atoms with E-state index in [9.17, 15) is 18.0 Å². The molecule has 0 saturated carbocycles. The van der Waals surface area contributed by atoms with Gasteiger partial charge in [-0.2, -0.15) is 0 Å². The molecule has 0 bridgehead atoms. The molecule has 2 amide bonds. The first-order valence-electron chi connectivity index (χ1n) is 8.41. The number of methoxy groups -OCH3 is 1. The summed E-state index contributed by atoms with van der Waals surface area (Å²) in [6.45, 7) is 2.00. The predicted molar refractivity (Wildman–Crippen MR) is 102 cm³/mol. The van der Waals surface area contributed by atoms with Crippen LogP contribution in [0.1, 0.15) is 29.3 Å². The molecule has 2 aromatic carbocycles. The highest BCUT2D eigenvalue weighted by Gasteiger charge is 2.21. The zero-order valence-electron chi connectivity index (χ0n) is 15.2. The van der Waals surface area contributed by atoms with Crippen molar-refractivity contribution in [3.05, 3.63) is 59.7 Å². The highest BCUT2D eigenvalue weighted by atomic mass is 32.2. The molecule has 2 rings (SSSR count). The third kappa shape index (κ3) is 5.55. The summed E-state index contributed by atoms with van der Waals surface area (Å²) in [5.74, 6) is -0.464. The number of carbonyl (C=O) groups excluding carboxylic acids is 2. The molecule has 27 heavy (non-hydrogen) atoms. The Labute approximate surface area is 158 Å². The largest absolute Gasteiger partial charge is 0.453 e. The molecule has 0 fully saturated rings. The maximum Gasteiger partial charge on any atom is 0.411 e. The third-order valence-electron chi connectivity index (χ3n) is 3.78. The highest BCUT2D eigenvalue weighted by molar-refractivity contribution is 7.91. The average Bonchev–Trinajstić information content (AvgIpc) is 2.67. The molecular weight excluding hydrogens is 368 g/mol. The Bertz CT molecular complexity index is 908. The van der Waals surface area contributed by atoms with Crippen molar-refractivity contribution in [2.24, 2.45) is 0 Å². The van der Waals surface area contributed by atoms with E-state index in [-0.39, 0.29) is 22.8 Å². The van der Waals surface area contributed by atoms with E-state index < -0.39 is 21.8 Å². The number of sulfone groups is 1. The number of amides is 2. The minimum absolute atomic E-state index is 0.00799. The van der Waals surface area contributed by atoms with Gasteiger partial charge >= 0.3 is 6.09 Å². The Kier molecular flexibility index (Phi) is 6.95. The Morgan fingerprint density at radius 2 is 1.70 bits per heavy atom. The predicted octanol–water partition coefficient (Wildman–Crippen LogP) is 2.98. The number of nitrogens with one attached hydrogen (secondary N) is 2. The van der Waals surface area contributed by atoms with Crippen molar-refractivity contribution in [1.29, 1.82) is 0 Å². The van der Waals surface area contributed by atoms with Crippen LogP contribution >= 0.6 is 0 Å². The van der Waals surface area contributed by atoms with Crippen LogP contribution in [0.3, 0.4) is 0 Å². The first-order chi connectivity index (χ1) is 12.9. The SMILES string of the molecule is CCCS(=O)(=O)c1ccccc1C(=O)NCc1ccc(NC(=O)OC)cc1. The summed E-state index contributed by atoms with van der Waals surface area (Å²) >= 11 is 0. The molecule has 0 atom stereocenters. The molecule has 144 valence electrons. The summed E-state index contributed by atoms with van der Waals surface area (Å²) < 4.78 is 29.2. The summed E-state index contributed by atoms with van der Waals surface area (Å²) in [4.78, 5) is 23.7. The third-order valence-corrected chi connectivity index (χ3v) is 5.75. The zero-order valence-corrected chi connectivity index (χ0v) is 16.0. The van der Waals surface area contributed by atoms with E-state index in [1.165, 1.54) is 19.2 Å². The Morgan fingerprint density at radius 3 is 2.33 bits per heavy atom. The lowest BCUT2D eigenvalue weighted by molar-refractivity contribution is 0.0947. The molecule has 8 heteroatoms. The van der Waals surface area contributed by atoms with Crippen molar-refractivity contribution in [1.82, 2.24) is 5.32 Å². The van der Waals surface area contributed by atoms with Gasteiger partial charge in [0.1, 0.15) is 0 Å². The number of benzene rings is 2. The van der Waals surface area contributed by atoms with Gasteiger partial charge in [-0.1, -0.05) is 31.2 Å². The lowest BCUT2D eigenvalue weighted by Crippen LogP contribution is -2.25. The molecule has 0 saturated heterocycles. The normalized spacial score (nSPS) is 10.9. The quantitative estimate of drug-likeness (QED) is 0.757. The van der Waals surface area contributed by atoms with E-state index in [0.717, 1.165) is 5.56 Å². The van der Waals surface area contributed by atoms with E-state index in [1.807, 2.05) is 0 Å². The molecule has 0 aromatic heterocycles. The van der Waals surface area contributed by atoms with Gasteiger partial charge in [-0.3, -0.25) is 10.1 Å². The maximum absolute atomic E-state index is 12.5. The van der Waals surface area contributed by atoms with Gasteiger partial charge in [0, 0.05) is 12.2 Å². The molecule has 7 nitrogen and oxygen atoms in total. The molecule has 0 aliphatic carbocycles. The van der Waals surface area contributed by atoms with Gasteiger partial charge in [-0.05, 0) is 36.2 Å². The number of hydrogen-bond donors (Lipinski definition) is 2. The summed E-state index contributed by atoms with van der Waals surface area (Å²) in [6.07, 6.45) is -0.0921. The van der Waals surface area contributed by atoms with E-state index in [2.05, 4.69) is 15.4 Å². The molecule has 0 aliphatic heterocycles. The van der Waals surface area contributed by atoms with Crippen LogP contribution in [0.5, 0.6) is 0 Å². The smallest absolute Gasteiger partial charge is 0.411 e. The molecule has 0 heterocycles. The Morgan fingerprint density at radius 1 is 1.04 bits per heavy atom. The van der Waals surface area contributed by atoms with Gasteiger partial charge in [-0.25, -0.2) is 13.2 Å². The molecule has 2 N–H and O–H groups in total. The highest BCUT2D eigenvalue weighted by Crippen LogP contribution is 2.18. The molecule has 2 aromatic rings. The topological polar surface area (TPSA) is 102 Å². The number of rotatable bonds is 7. The number of hydrogen-bond acceptors (Lipinski definition) is 5. The van der Waals surface area contributed by atoms with Crippen LogP contribution in [0.25, 0.3) is 0 Å². The van der Waals surface area contributed by atoms with Crippen LogP contribution in [-0.2, 0) is 21.1 Å². The maximum atomic E-state index is 12.5. The minimum Gasteiger partial charge on any atom is -0.453 e. The molecule has 0 radical (unpaired) electrons. The number of carbonyl (C=O) groups is 2. The Balaban J connectivity index is 2.07. The van der Waals surface area contributed by atoms with E-state index >= 15 is 0 Å².